The quantitative estimate of drug-likeness (QED) is 0.575. The molecule has 0 radical (unpaired) electrons. The molecule has 0 N–H and O–H groups in total. The smallest absolute Gasteiger partial charge is 0.294 e. The van der Waals surface area contributed by atoms with Crippen molar-refractivity contribution >= 4 is 42.3 Å². The Hall–Kier alpha value is -0.670. The Morgan fingerprint density at radius 3 is 2.53 bits per heavy atom. The van der Waals surface area contributed by atoms with Gasteiger partial charge in [0.25, 0.3) is 14.2 Å². The van der Waals surface area contributed by atoms with Gasteiger partial charge < -0.3 is 0 Å². The Bertz CT molecular complexity index is 712. The zero-order chi connectivity index (χ0) is 14.2. The largest absolute Gasteiger partial charge is 0.296 e. The lowest BCUT2D eigenvalue weighted by Gasteiger charge is -2.12. The van der Waals surface area contributed by atoms with Gasteiger partial charge in [0.1, 0.15) is 0 Å². The summed E-state index contributed by atoms with van der Waals surface area (Å²) < 4.78 is 25.6. The number of rotatable bonds is 3. The molecule has 0 saturated carbocycles. The minimum Gasteiger partial charge on any atom is -0.294 e. The first-order chi connectivity index (χ1) is 8.80. The van der Waals surface area contributed by atoms with Gasteiger partial charge in [-0.15, -0.1) is 10.2 Å². The summed E-state index contributed by atoms with van der Waals surface area (Å²) in [5, 5.41) is 7.44. The highest BCUT2D eigenvalue weighted by Crippen LogP contribution is 2.26. The molecule has 102 valence electrons. The second-order valence-electron chi connectivity index (χ2n) is 4.22. The molecule has 0 atom stereocenters. The molecular formula is C11H11ClIN3O2S. The van der Waals surface area contributed by atoms with Crippen LogP contribution in [-0.4, -0.2) is 23.2 Å². The van der Waals surface area contributed by atoms with Crippen molar-refractivity contribution in [2.24, 2.45) is 0 Å². The van der Waals surface area contributed by atoms with Crippen molar-refractivity contribution in [1.82, 2.24) is 14.8 Å². The molecule has 19 heavy (non-hydrogen) atoms. The van der Waals surface area contributed by atoms with Gasteiger partial charge in [-0.25, -0.2) is 8.42 Å². The van der Waals surface area contributed by atoms with E-state index in [1.807, 2.05) is 38.1 Å². The maximum atomic E-state index is 11.5. The Morgan fingerprint density at radius 1 is 1.32 bits per heavy atom. The maximum Gasteiger partial charge on any atom is 0.296 e. The predicted molar refractivity (Wildman–Crippen MR) is 81.6 cm³/mol. The van der Waals surface area contributed by atoms with Gasteiger partial charge in [-0.2, -0.15) is 0 Å². The summed E-state index contributed by atoms with van der Waals surface area (Å²) >= 11 is 2.18. The standard InChI is InChI=1S/C11H11ClIN3O2S/c1-7(2)16-10(8-4-3-5-9(13)6-8)14-15-11(16)19(12,17)18/h3-7H,1-2H3. The van der Waals surface area contributed by atoms with Gasteiger partial charge in [-0.05, 0) is 48.6 Å². The third kappa shape index (κ3) is 3.09. The Labute approximate surface area is 129 Å². The number of hydrogen-bond acceptors (Lipinski definition) is 4. The summed E-state index contributed by atoms with van der Waals surface area (Å²) in [4.78, 5) is 0. The van der Waals surface area contributed by atoms with E-state index in [4.69, 9.17) is 10.7 Å². The van der Waals surface area contributed by atoms with Gasteiger partial charge >= 0.3 is 0 Å². The first kappa shape index (κ1) is 14.7. The van der Waals surface area contributed by atoms with Gasteiger partial charge in [0.15, 0.2) is 5.82 Å². The Balaban J connectivity index is 2.69. The molecule has 1 aromatic carbocycles. The zero-order valence-corrected chi connectivity index (χ0v) is 13.9. The van der Waals surface area contributed by atoms with Crippen LogP contribution in [0.3, 0.4) is 0 Å². The van der Waals surface area contributed by atoms with Gasteiger partial charge in [-0.3, -0.25) is 4.57 Å². The van der Waals surface area contributed by atoms with Crippen LogP contribution in [0.15, 0.2) is 29.4 Å². The molecule has 0 spiro atoms. The van der Waals surface area contributed by atoms with Crippen molar-refractivity contribution in [2.75, 3.05) is 0 Å². The van der Waals surface area contributed by atoms with Crippen molar-refractivity contribution in [2.45, 2.75) is 25.0 Å². The average Bonchev–Trinajstić information content (AvgIpc) is 2.72. The molecule has 0 fully saturated rings. The molecule has 0 saturated heterocycles. The van der Waals surface area contributed by atoms with Gasteiger partial charge in [-0.1, -0.05) is 12.1 Å². The summed E-state index contributed by atoms with van der Waals surface area (Å²) in [7, 11) is 1.47. The topological polar surface area (TPSA) is 64.8 Å². The molecule has 2 aromatic rings. The Morgan fingerprint density at radius 2 is 2.00 bits per heavy atom. The average molecular weight is 412 g/mol. The lowest BCUT2D eigenvalue weighted by atomic mass is 10.2. The third-order valence-corrected chi connectivity index (χ3v) is 4.28. The Kier molecular flexibility index (Phi) is 4.17. The number of aromatic nitrogens is 3. The van der Waals surface area contributed by atoms with Crippen LogP contribution in [0.4, 0.5) is 0 Å². The van der Waals surface area contributed by atoms with E-state index >= 15 is 0 Å². The van der Waals surface area contributed by atoms with Crippen molar-refractivity contribution in [3.05, 3.63) is 27.8 Å². The van der Waals surface area contributed by atoms with E-state index in [9.17, 15) is 8.42 Å². The molecule has 1 aromatic heterocycles. The number of benzene rings is 1. The minimum atomic E-state index is -3.92. The highest BCUT2D eigenvalue weighted by atomic mass is 127. The molecule has 0 aliphatic carbocycles. The van der Waals surface area contributed by atoms with E-state index in [-0.39, 0.29) is 11.2 Å². The summed E-state index contributed by atoms with van der Waals surface area (Å²) in [5.41, 5.74) is 0.805. The van der Waals surface area contributed by atoms with Crippen LogP contribution in [0.1, 0.15) is 19.9 Å². The predicted octanol–water partition coefficient (Wildman–Crippen LogP) is 3.06. The zero-order valence-electron chi connectivity index (χ0n) is 10.2. The van der Waals surface area contributed by atoms with E-state index in [0.29, 0.717) is 5.82 Å². The summed E-state index contributed by atoms with van der Waals surface area (Å²) in [6.45, 7) is 3.71. The molecular weight excluding hydrogens is 401 g/mol. The SMILES string of the molecule is CC(C)n1c(-c2cccc(I)c2)nnc1S(=O)(=O)Cl. The fourth-order valence-corrected chi connectivity index (χ4v) is 3.26. The van der Waals surface area contributed by atoms with Crippen molar-refractivity contribution in [3.63, 3.8) is 0 Å². The summed E-state index contributed by atoms with van der Waals surface area (Å²) in [5.74, 6) is 0.493. The fraction of sp³-hybridized carbons (Fsp3) is 0.273. The lowest BCUT2D eigenvalue weighted by molar-refractivity contribution is 0.530. The van der Waals surface area contributed by atoms with Crippen LogP contribution in [0.5, 0.6) is 0 Å². The van der Waals surface area contributed by atoms with Crippen molar-refractivity contribution in [1.29, 1.82) is 0 Å². The number of nitrogens with zero attached hydrogens (tertiary/aromatic N) is 3. The molecule has 2 rings (SSSR count). The first-order valence-electron chi connectivity index (χ1n) is 5.46. The van der Waals surface area contributed by atoms with Crippen LogP contribution < -0.4 is 0 Å². The molecule has 5 nitrogen and oxygen atoms in total. The van der Waals surface area contributed by atoms with Gasteiger partial charge in [0, 0.05) is 25.9 Å². The number of halogens is 2. The molecule has 0 aliphatic rings. The van der Waals surface area contributed by atoms with Gasteiger partial charge in [0.05, 0.1) is 0 Å². The van der Waals surface area contributed by atoms with E-state index in [2.05, 4.69) is 32.8 Å². The summed E-state index contributed by atoms with van der Waals surface area (Å²) in [6, 6.07) is 7.47. The molecule has 0 amide bonds. The molecule has 0 bridgehead atoms. The lowest BCUT2D eigenvalue weighted by Crippen LogP contribution is -2.10. The highest BCUT2D eigenvalue weighted by molar-refractivity contribution is 14.1. The van der Waals surface area contributed by atoms with Crippen LogP contribution in [-0.2, 0) is 9.05 Å². The van der Waals surface area contributed by atoms with Crippen LogP contribution in [0.25, 0.3) is 11.4 Å². The van der Waals surface area contributed by atoms with E-state index in [1.165, 1.54) is 4.57 Å². The highest BCUT2D eigenvalue weighted by Gasteiger charge is 2.24. The third-order valence-electron chi connectivity index (χ3n) is 2.48. The molecule has 0 aliphatic heterocycles. The fourth-order valence-electron chi connectivity index (χ4n) is 1.73. The monoisotopic (exact) mass is 411 g/mol. The van der Waals surface area contributed by atoms with Crippen LogP contribution in [0.2, 0.25) is 0 Å². The van der Waals surface area contributed by atoms with Gasteiger partial charge in [0.2, 0.25) is 0 Å². The van der Waals surface area contributed by atoms with E-state index in [0.717, 1.165) is 9.13 Å². The maximum absolute atomic E-state index is 11.5. The second-order valence-corrected chi connectivity index (χ2v) is 7.92. The normalized spacial score (nSPS) is 12.1. The van der Waals surface area contributed by atoms with Crippen molar-refractivity contribution < 1.29 is 8.42 Å². The minimum absolute atomic E-state index is 0.119. The second kappa shape index (κ2) is 5.37. The molecule has 0 unspecified atom stereocenters. The van der Waals surface area contributed by atoms with E-state index < -0.39 is 9.05 Å². The number of hydrogen-bond donors (Lipinski definition) is 0. The van der Waals surface area contributed by atoms with Crippen molar-refractivity contribution in [3.8, 4) is 11.4 Å². The summed E-state index contributed by atoms with van der Waals surface area (Å²) in [6.07, 6.45) is 0. The van der Waals surface area contributed by atoms with Crippen LogP contribution >= 0.6 is 33.3 Å². The van der Waals surface area contributed by atoms with Crippen LogP contribution in [0, 0.1) is 3.57 Å². The van der Waals surface area contributed by atoms with E-state index in [1.54, 1.807) is 0 Å². The molecule has 1 heterocycles. The first-order valence-corrected chi connectivity index (χ1v) is 8.85. The molecule has 8 heteroatoms.